The van der Waals surface area contributed by atoms with E-state index in [1.807, 2.05) is 0 Å². The van der Waals surface area contributed by atoms with Gasteiger partial charge in [0.05, 0.1) is 19.3 Å². The molecular formula is C13H12F5NO4. The third-order valence-electron chi connectivity index (χ3n) is 3.69. The lowest BCUT2D eigenvalue weighted by Crippen LogP contribution is -2.47. The molecule has 1 fully saturated rings. The van der Waals surface area contributed by atoms with Gasteiger partial charge in [-0.1, -0.05) is 0 Å². The third-order valence-corrected chi connectivity index (χ3v) is 3.69. The smallest absolute Gasteiger partial charge is 0.419 e. The average Bonchev–Trinajstić information content (AvgIpc) is 2.81. The number of nitrogens with zero attached hydrogens (tertiary/aromatic N) is 1. The Hall–Kier alpha value is -2.10. The van der Waals surface area contributed by atoms with E-state index in [4.69, 9.17) is 5.11 Å². The topological polar surface area (TPSA) is 70.0 Å². The van der Waals surface area contributed by atoms with Crippen molar-refractivity contribution in [1.82, 2.24) is 0 Å². The number of methoxy groups -OCH3 is 1. The summed E-state index contributed by atoms with van der Waals surface area (Å²) in [5.74, 6) is -5.14. The second kappa shape index (κ2) is 5.52. The summed E-state index contributed by atoms with van der Waals surface area (Å²) >= 11 is 0. The van der Waals surface area contributed by atoms with Gasteiger partial charge in [-0.25, -0.2) is 9.18 Å². The van der Waals surface area contributed by atoms with Gasteiger partial charge in [0.25, 0.3) is 0 Å². The number of hydrogen-bond donors (Lipinski definition) is 2. The summed E-state index contributed by atoms with van der Waals surface area (Å²) in [5, 5.41) is 18.8. The lowest BCUT2D eigenvalue weighted by Gasteiger charge is -2.28. The van der Waals surface area contributed by atoms with Gasteiger partial charge in [-0.2, -0.15) is 17.6 Å². The lowest BCUT2D eigenvalue weighted by molar-refractivity contribution is -0.251. The molecule has 2 atom stereocenters. The second-order valence-electron chi connectivity index (χ2n) is 5.13. The van der Waals surface area contributed by atoms with Crippen molar-refractivity contribution >= 4 is 11.7 Å². The van der Waals surface area contributed by atoms with E-state index in [0.29, 0.717) is 11.0 Å². The van der Waals surface area contributed by atoms with Crippen LogP contribution in [0.1, 0.15) is 6.42 Å². The van der Waals surface area contributed by atoms with Crippen molar-refractivity contribution in [3.05, 3.63) is 23.8 Å². The molecule has 0 unspecified atom stereocenters. The standard InChI is InChI=1S/C13H12F5NO4/c1-23-10-7(3-2-6(14)9(10)15)19-5-12(22,13(16,17)18)4-8(19)11(20)21/h2-3,8,22H,4-5H2,1H3,(H,20,21)/t8-,12+/m0/s1. The van der Waals surface area contributed by atoms with E-state index in [2.05, 4.69) is 4.74 Å². The molecule has 1 aromatic rings. The molecule has 10 heteroatoms. The van der Waals surface area contributed by atoms with Crippen LogP contribution in [0.5, 0.6) is 5.75 Å². The molecule has 5 nitrogen and oxygen atoms in total. The Labute approximate surface area is 126 Å². The molecular weight excluding hydrogens is 329 g/mol. The van der Waals surface area contributed by atoms with E-state index in [0.717, 1.165) is 13.2 Å². The molecule has 23 heavy (non-hydrogen) atoms. The molecule has 1 aliphatic heterocycles. The van der Waals surface area contributed by atoms with E-state index in [1.165, 1.54) is 0 Å². The quantitative estimate of drug-likeness (QED) is 0.822. The molecule has 1 aliphatic rings. The van der Waals surface area contributed by atoms with E-state index in [9.17, 15) is 31.9 Å². The van der Waals surface area contributed by atoms with Crippen LogP contribution in [0.25, 0.3) is 0 Å². The summed E-state index contributed by atoms with van der Waals surface area (Å²) < 4.78 is 70.4. The van der Waals surface area contributed by atoms with Crippen LogP contribution >= 0.6 is 0 Å². The lowest BCUT2D eigenvalue weighted by atomic mass is 10.00. The first kappa shape index (κ1) is 17.3. The SMILES string of the molecule is COc1c(N2C[C@@](O)(C(F)(F)F)C[C@H]2C(=O)O)ccc(F)c1F. The number of ether oxygens (including phenoxy) is 1. The van der Waals surface area contributed by atoms with Gasteiger partial charge >= 0.3 is 12.1 Å². The largest absolute Gasteiger partial charge is 0.491 e. The number of anilines is 1. The number of β-amino-alcohol motifs (C(OH)–C–C–N with tert-alkyl or cyclic N) is 1. The van der Waals surface area contributed by atoms with Gasteiger partial charge in [-0.15, -0.1) is 0 Å². The van der Waals surface area contributed by atoms with Crippen molar-refractivity contribution < 1.29 is 41.7 Å². The predicted molar refractivity (Wildman–Crippen MR) is 67.3 cm³/mol. The minimum atomic E-state index is -5.08. The number of alkyl halides is 3. The van der Waals surface area contributed by atoms with Crippen LogP contribution in [0.4, 0.5) is 27.6 Å². The number of aliphatic hydroxyl groups is 1. The molecule has 1 saturated heterocycles. The zero-order valence-corrected chi connectivity index (χ0v) is 11.7. The molecule has 128 valence electrons. The highest BCUT2D eigenvalue weighted by Crippen LogP contribution is 2.45. The highest BCUT2D eigenvalue weighted by Gasteiger charge is 2.61. The van der Waals surface area contributed by atoms with Gasteiger partial charge in [0.2, 0.25) is 5.82 Å². The van der Waals surface area contributed by atoms with E-state index in [-0.39, 0.29) is 5.69 Å². The molecule has 0 aromatic heterocycles. The van der Waals surface area contributed by atoms with E-state index >= 15 is 0 Å². The highest BCUT2D eigenvalue weighted by molar-refractivity contribution is 5.81. The highest BCUT2D eigenvalue weighted by atomic mass is 19.4. The van der Waals surface area contributed by atoms with Gasteiger partial charge in [0.15, 0.2) is 17.2 Å². The Morgan fingerprint density at radius 2 is 2.00 bits per heavy atom. The van der Waals surface area contributed by atoms with Gasteiger partial charge in [-0.05, 0) is 12.1 Å². The maximum Gasteiger partial charge on any atom is 0.419 e. The molecule has 0 aliphatic carbocycles. The fourth-order valence-corrected chi connectivity index (χ4v) is 2.51. The van der Waals surface area contributed by atoms with Gasteiger partial charge in [0.1, 0.15) is 6.04 Å². The number of aliphatic carboxylic acids is 1. The zero-order chi connectivity index (χ0) is 17.6. The Morgan fingerprint density at radius 3 is 2.48 bits per heavy atom. The molecule has 0 amide bonds. The van der Waals surface area contributed by atoms with Crippen molar-refractivity contribution in [2.45, 2.75) is 24.2 Å². The number of rotatable bonds is 3. The van der Waals surface area contributed by atoms with Gasteiger partial charge in [-0.3, -0.25) is 0 Å². The van der Waals surface area contributed by atoms with Crippen LogP contribution in [0.2, 0.25) is 0 Å². The van der Waals surface area contributed by atoms with Crippen LogP contribution in [0.3, 0.4) is 0 Å². The summed E-state index contributed by atoms with van der Waals surface area (Å²) in [5.41, 5.74) is -3.68. The van der Waals surface area contributed by atoms with Crippen LogP contribution in [-0.4, -0.2) is 47.7 Å². The van der Waals surface area contributed by atoms with E-state index in [1.54, 1.807) is 0 Å². The molecule has 0 bridgehead atoms. The maximum atomic E-state index is 13.7. The number of carboxylic acids is 1. The van der Waals surface area contributed by atoms with Crippen LogP contribution in [0, 0.1) is 11.6 Å². The maximum absolute atomic E-state index is 13.7. The number of carboxylic acid groups (broad SMARTS) is 1. The minimum Gasteiger partial charge on any atom is -0.491 e. The van der Waals surface area contributed by atoms with Crippen molar-refractivity contribution in [2.75, 3.05) is 18.6 Å². The number of carbonyl (C=O) groups is 1. The summed E-state index contributed by atoms with van der Waals surface area (Å²) in [6, 6.07) is -0.243. The summed E-state index contributed by atoms with van der Waals surface area (Å²) in [4.78, 5) is 11.9. The molecule has 0 saturated carbocycles. The van der Waals surface area contributed by atoms with Crippen molar-refractivity contribution in [2.24, 2.45) is 0 Å². The fourth-order valence-electron chi connectivity index (χ4n) is 2.51. The first-order chi connectivity index (χ1) is 10.5. The first-order valence-electron chi connectivity index (χ1n) is 6.32. The molecule has 1 heterocycles. The van der Waals surface area contributed by atoms with Gasteiger partial charge < -0.3 is 19.8 Å². The summed E-state index contributed by atoms with van der Waals surface area (Å²) in [7, 11) is 0.961. The Kier molecular flexibility index (Phi) is 4.14. The molecule has 2 N–H and O–H groups in total. The summed E-state index contributed by atoms with van der Waals surface area (Å²) in [6.07, 6.45) is -6.23. The second-order valence-corrected chi connectivity index (χ2v) is 5.13. The molecule has 2 rings (SSSR count). The van der Waals surface area contributed by atoms with E-state index < -0.39 is 54.1 Å². The fraction of sp³-hybridized carbons (Fsp3) is 0.462. The first-order valence-corrected chi connectivity index (χ1v) is 6.32. The third kappa shape index (κ3) is 2.78. The molecule has 0 spiro atoms. The van der Waals surface area contributed by atoms with Crippen LogP contribution in [-0.2, 0) is 4.79 Å². The average molecular weight is 341 g/mol. The van der Waals surface area contributed by atoms with Crippen molar-refractivity contribution in [3.8, 4) is 5.75 Å². The van der Waals surface area contributed by atoms with Gasteiger partial charge in [0, 0.05) is 6.42 Å². The Balaban J connectivity index is 2.53. The Bertz CT molecular complexity index is 636. The number of halogens is 5. The van der Waals surface area contributed by atoms with Crippen LogP contribution < -0.4 is 9.64 Å². The molecule has 1 aromatic carbocycles. The summed E-state index contributed by atoms with van der Waals surface area (Å²) in [6.45, 7) is -1.14. The van der Waals surface area contributed by atoms with Crippen molar-refractivity contribution in [1.29, 1.82) is 0 Å². The normalized spacial score (nSPS) is 24.8. The zero-order valence-electron chi connectivity index (χ0n) is 11.7. The van der Waals surface area contributed by atoms with Crippen LogP contribution in [0.15, 0.2) is 12.1 Å². The number of benzene rings is 1. The monoisotopic (exact) mass is 341 g/mol. The molecule has 0 radical (unpaired) electrons. The number of hydrogen-bond acceptors (Lipinski definition) is 4. The predicted octanol–water partition coefficient (Wildman–Crippen LogP) is 1.93. The minimum absolute atomic E-state index is 0.390. The van der Waals surface area contributed by atoms with Crippen molar-refractivity contribution in [3.63, 3.8) is 0 Å². The Morgan fingerprint density at radius 1 is 1.39 bits per heavy atom.